The van der Waals surface area contributed by atoms with E-state index in [0.29, 0.717) is 5.56 Å². The van der Waals surface area contributed by atoms with Gasteiger partial charge in [0, 0.05) is 32.2 Å². The Bertz CT molecular complexity index is 518. The molecule has 1 aromatic rings. The maximum Gasteiger partial charge on any atom is 0.417 e. The van der Waals surface area contributed by atoms with E-state index in [1.165, 1.54) is 12.1 Å². The molecule has 1 saturated heterocycles. The zero-order valence-corrected chi connectivity index (χ0v) is 15.5. The highest BCUT2D eigenvalue weighted by atomic mass is 35.5. The van der Waals surface area contributed by atoms with Crippen LogP contribution in [-0.4, -0.2) is 31.1 Å². The molecule has 0 bridgehead atoms. The lowest BCUT2D eigenvalue weighted by molar-refractivity contribution is -0.137. The summed E-state index contributed by atoms with van der Waals surface area (Å²) >= 11 is 5.72. The van der Waals surface area contributed by atoms with Crippen molar-refractivity contribution in [1.82, 2.24) is 10.2 Å². The van der Waals surface area contributed by atoms with Crippen LogP contribution in [0.25, 0.3) is 0 Å². The van der Waals surface area contributed by atoms with Crippen LogP contribution >= 0.6 is 36.4 Å². The summed E-state index contributed by atoms with van der Waals surface area (Å²) in [6, 6.07) is 4.20. The van der Waals surface area contributed by atoms with Gasteiger partial charge in [-0.3, -0.25) is 4.90 Å². The Hall–Kier alpha value is -0.460. The molecule has 1 aliphatic rings. The summed E-state index contributed by atoms with van der Waals surface area (Å²) in [7, 11) is 0. The molecule has 0 radical (unpaired) electrons. The monoisotopic (exact) mass is 404 g/mol. The smallest absolute Gasteiger partial charge is 0.314 e. The Morgan fingerprint density at radius 1 is 1.25 bits per heavy atom. The minimum atomic E-state index is -4.43. The second kappa shape index (κ2) is 10.5. The fourth-order valence-electron chi connectivity index (χ4n) is 2.80. The van der Waals surface area contributed by atoms with Crippen LogP contribution in [0.5, 0.6) is 0 Å². The molecule has 1 aliphatic heterocycles. The Labute approximate surface area is 158 Å². The largest absolute Gasteiger partial charge is 0.417 e. The molecular weight excluding hydrogens is 384 g/mol. The lowest BCUT2D eigenvalue weighted by atomic mass is 9.97. The Kier molecular flexibility index (Phi) is 10.3. The quantitative estimate of drug-likeness (QED) is 0.684. The highest BCUT2D eigenvalue weighted by molar-refractivity contribution is 6.31. The van der Waals surface area contributed by atoms with Crippen LogP contribution < -0.4 is 5.32 Å². The molecule has 0 aliphatic carbocycles. The van der Waals surface area contributed by atoms with Gasteiger partial charge < -0.3 is 5.32 Å². The van der Waals surface area contributed by atoms with E-state index >= 15 is 0 Å². The average Bonchev–Trinajstić information content (AvgIpc) is 2.49. The van der Waals surface area contributed by atoms with Crippen LogP contribution in [0.4, 0.5) is 13.2 Å². The molecule has 1 heterocycles. The highest BCUT2D eigenvalue weighted by Crippen LogP contribution is 2.37. The van der Waals surface area contributed by atoms with Gasteiger partial charge in [0.15, 0.2) is 0 Å². The van der Waals surface area contributed by atoms with Crippen LogP contribution in [0.15, 0.2) is 30.9 Å². The van der Waals surface area contributed by atoms with E-state index in [0.717, 1.165) is 39.0 Å². The topological polar surface area (TPSA) is 15.3 Å². The molecule has 0 aromatic heterocycles. The van der Waals surface area contributed by atoms with Crippen LogP contribution in [0, 0.1) is 0 Å². The molecule has 138 valence electrons. The first-order valence-corrected chi connectivity index (χ1v) is 7.73. The third kappa shape index (κ3) is 6.12. The van der Waals surface area contributed by atoms with Crippen molar-refractivity contribution in [3.8, 4) is 0 Å². The second-order valence-corrected chi connectivity index (χ2v) is 5.81. The molecule has 0 amide bonds. The normalized spacial score (nSPS) is 16.7. The molecule has 24 heavy (non-hydrogen) atoms. The number of alkyl halides is 3. The summed E-state index contributed by atoms with van der Waals surface area (Å²) in [5.41, 5.74) is -0.0918. The summed E-state index contributed by atoms with van der Waals surface area (Å²) in [5, 5.41) is 3.01. The van der Waals surface area contributed by atoms with Crippen molar-refractivity contribution in [1.29, 1.82) is 0 Å². The Morgan fingerprint density at radius 2 is 1.88 bits per heavy atom. The number of nitrogens with zero attached hydrogens (tertiary/aromatic N) is 1. The zero-order valence-electron chi connectivity index (χ0n) is 13.1. The third-order valence-corrected chi connectivity index (χ3v) is 4.25. The molecule has 1 N–H and O–H groups in total. The van der Waals surface area contributed by atoms with E-state index in [1.54, 1.807) is 12.1 Å². The molecular formula is C16H22Cl3F3N2. The molecule has 0 saturated carbocycles. The SMILES string of the molecule is C=CCC[C@@H](c1ccc(Cl)c(C(F)(F)F)c1)N1CCNCC1.Cl.Cl. The summed E-state index contributed by atoms with van der Waals surface area (Å²) < 4.78 is 39.2. The first-order chi connectivity index (χ1) is 10.4. The zero-order chi connectivity index (χ0) is 16.2. The maximum absolute atomic E-state index is 13.1. The van der Waals surface area contributed by atoms with Crippen molar-refractivity contribution in [3.05, 3.63) is 47.0 Å². The van der Waals surface area contributed by atoms with Crippen molar-refractivity contribution in [2.45, 2.75) is 25.1 Å². The molecule has 0 unspecified atom stereocenters. The van der Waals surface area contributed by atoms with Gasteiger partial charge in [-0.1, -0.05) is 23.7 Å². The molecule has 8 heteroatoms. The van der Waals surface area contributed by atoms with Gasteiger partial charge in [0.05, 0.1) is 10.6 Å². The van der Waals surface area contributed by atoms with Crippen molar-refractivity contribution < 1.29 is 13.2 Å². The minimum Gasteiger partial charge on any atom is -0.314 e. The predicted octanol–water partition coefficient (Wildman–Crippen LogP) is 5.11. The van der Waals surface area contributed by atoms with Crippen molar-refractivity contribution in [2.75, 3.05) is 26.2 Å². The standard InChI is InChI=1S/C16H20ClF3N2.2ClH/c1-2-3-4-15(22-9-7-21-8-10-22)12-5-6-14(17)13(11-12)16(18,19)20;;/h2,5-6,11,15,21H,1,3-4,7-10H2;2*1H/t15-;;/m0../s1. The summed E-state index contributed by atoms with van der Waals surface area (Å²) in [4.78, 5) is 2.23. The number of halogens is 6. The average molecular weight is 406 g/mol. The van der Waals surface area contributed by atoms with Crippen LogP contribution in [-0.2, 0) is 6.18 Å². The van der Waals surface area contributed by atoms with Gasteiger partial charge in [-0.2, -0.15) is 13.2 Å². The van der Waals surface area contributed by atoms with Crippen LogP contribution in [0.3, 0.4) is 0 Å². The number of hydrogen-bond acceptors (Lipinski definition) is 2. The van der Waals surface area contributed by atoms with E-state index in [9.17, 15) is 13.2 Å². The van der Waals surface area contributed by atoms with Gasteiger partial charge in [0.1, 0.15) is 0 Å². The number of allylic oxidation sites excluding steroid dienone is 1. The lowest BCUT2D eigenvalue weighted by Gasteiger charge is -2.35. The van der Waals surface area contributed by atoms with E-state index in [2.05, 4.69) is 16.8 Å². The predicted molar refractivity (Wildman–Crippen MR) is 97.6 cm³/mol. The van der Waals surface area contributed by atoms with E-state index < -0.39 is 11.7 Å². The summed E-state index contributed by atoms with van der Waals surface area (Å²) in [6.07, 6.45) is -1.11. The van der Waals surface area contributed by atoms with Crippen LogP contribution in [0.2, 0.25) is 5.02 Å². The van der Waals surface area contributed by atoms with E-state index in [4.69, 9.17) is 11.6 Å². The molecule has 1 fully saturated rings. The van der Waals surface area contributed by atoms with E-state index in [-0.39, 0.29) is 35.9 Å². The Morgan fingerprint density at radius 3 is 2.42 bits per heavy atom. The van der Waals surface area contributed by atoms with Crippen molar-refractivity contribution in [2.24, 2.45) is 0 Å². The number of piperazine rings is 1. The molecule has 1 aromatic carbocycles. The lowest BCUT2D eigenvalue weighted by Crippen LogP contribution is -2.45. The summed E-state index contributed by atoms with van der Waals surface area (Å²) in [5.74, 6) is 0. The molecule has 2 nitrogen and oxygen atoms in total. The number of benzene rings is 1. The van der Waals surface area contributed by atoms with E-state index in [1.807, 2.05) is 0 Å². The first-order valence-electron chi connectivity index (χ1n) is 7.36. The minimum absolute atomic E-state index is 0. The van der Waals surface area contributed by atoms with Gasteiger partial charge in [-0.25, -0.2) is 0 Å². The third-order valence-electron chi connectivity index (χ3n) is 3.92. The number of rotatable bonds is 5. The van der Waals surface area contributed by atoms with Gasteiger partial charge in [-0.05, 0) is 30.5 Å². The first kappa shape index (κ1) is 23.5. The fraction of sp³-hybridized carbons (Fsp3) is 0.500. The Balaban J connectivity index is 0.00000264. The highest BCUT2D eigenvalue weighted by Gasteiger charge is 2.34. The second-order valence-electron chi connectivity index (χ2n) is 5.40. The summed E-state index contributed by atoms with van der Waals surface area (Å²) in [6.45, 7) is 7.06. The van der Waals surface area contributed by atoms with Crippen LogP contribution in [0.1, 0.15) is 30.0 Å². The van der Waals surface area contributed by atoms with Gasteiger partial charge in [-0.15, -0.1) is 31.4 Å². The fourth-order valence-corrected chi connectivity index (χ4v) is 3.02. The maximum atomic E-state index is 13.1. The number of nitrogens with one attached hydrogen (secondary N) is 1. The molecule has 0 spiro atoms. The number of hydrogen-bond donors (Lipinski definition) is 1. The van der Waals surface area contributed by atoms with Crippen molar-refractivity contribution in [3.63, 3.8) is 0 Å². The molecule has 1 atom stereocenters. The van der Waals surface area contributed by atoms with Gasteiger partial charge >= 0.3 is 6.18 Å². The van der Waals surface area contributed by atoms with Gasteiger partial charge in [0.25, 0.3) is 0 Å². The van der Waals surface area contributed by atoms with Crippen molar-refractivity contribution >= 4 is 36.4 Å². The van der Waals surface area contributed by atoms with Gasteiger partial charge in [0.2, 0.25) is 0 Å². The molecule has 2 rings (SSSR count).